The monoisotopic (exact) mass is 265 g/mol. The summed E-state index contributed by atoms with van der Waals surface area (Å²) in [6, 6.07) is 0.558. The Morgan fingerprint density at radius 3 is 2.10 bits per heavy atom. The molecule has 0 amide bonds. The van der Waals surface area contributed by atoms with E-state index in [2.05, 4.69) is 42.1 Å². The van der Waals surface area contributed by atoms with Crippen LogP contribution in [0.4, 0.5) is 0 Å². The van der Waals surface area contributed by atoms with Gasteiger partial charge in [0.25, 0.3) is 0 Å². The first kappa shape index (κ1) is 6.79. The van der Waals surface area contributed by atoms with Gasteiger partial charge < -0.3 is 0 Å². The SMILES string of the molecule is Brc1nn(C2CC2)nc1Br. The molecule has 0 spiro atoms. The van der Waals surface area contributed by atoms with Crippen molar-refractivity contribution in [3.05, 3.63) is 9.21 Å². The van der Waals surface area contributed by atoms with Gasteiger partial charge in [-0.2, -0.15) is 4.80 Å². The van der Waals surface area contributed by atoms with Crippen molar-refractivity contribution in [3.8, 4) is 0 Å². The number of nitrogens with zero attached hydrogens (tertiary/aromatic N) is 3. The molecule has 10 heavy (non-hydrogen) atoms. The normalized spacial score (nSPS) is 17.8. The van der Waals surface area contributed by atoms with E-state index in [9.17, 15) is 0 Å². The van der Waals surface area contributed by atoms with Crippen molar-refractivity contribution in [2.24, 2.45) is 0 Å². The molecule has 0 N–H and O–H groups in total. The maximum atomic E-state index is 4.15. The van der Waals surface area contributed by atoms with Crippen LogP contribution in [0.15, 0.2) is 9.21 Å². The molecule has 54 valence electrons. The Bertz CT molecular complexity index is 234. The molecule has 0 atom stereocenters. The van der Waals surface area contributed by atoms with Gasteiger partial charge in [0.1, 0.15) is 0 Å². The smallest absolute Gasteiger partial charge is 0.162 e. The van der Waals surface area contributed by atoms with Crippen LogP contribution in [0.1, 0.15) is 18.9 Å². The zero-order valence-electron chi connectivity index (χ0n) is 5.09. The minimum absolute atomic E-state index is 0.558. The molecule has 1 aromatic rings. The molecule has 1 fully saturated rings. The van der Waals surface area contributed by atoms with Gasteiger partial charge in [0.15, 0.2) is 9.21 Å². The van der Waals surface area contributed by atoms with Crippen molar-refractivity contribution in [2.75, 3.05) is 0 Å². The van der Waals surface area contributed by atoms with E-state index in [1.54, 1.807) is 4.80 Å². The zero-order valence-corrected chi connectivity index (χ0v) is 8.26. The number of hydrogen-bond donors (Lipinski definition) is 0. The predicted molar refractivity (Wildman–Crippen MR) is 43.7 cm³/mol. The highest BCUT2D eigenvalue weighted by Gasteiger charge is 2.26. The number of aromatic nitrogens is 3. The predicted octanol–water partition coefficient (Wildman–Crippen LogP) is 2.14. The van der Waals surface area contributed by atoms with Crippen molar-refractivity contribution in [1.29, 1.82) is 0 Å². The second-order valence-corrected chi connectivity index (χ2v) is 3.84. The van der Waals surface area contributed by atoms with Gasteiger partial charge in [-0.1, -0.05) is 0 Å². The molecule has 0 radical (unpaired) electrons. The van der Waals surface area contributed by atoms with Crippen LogP contribution in [0.5, 0.6) is 0 Å². The summed E-state index contributed by atoms with van der Waals surface area (Å²) in [6.45, 7) is 0. The van der Waals surface area contributed by atoms with Crippen LogP contribution in [0.3, 0.4) is 0 Å². The molecule has 0 unspecified atom stereocenters. The van der Waals surface area contributed by atoms with Gasteiger partial charge in [-0.15, -0.1) is 10.2 Å². The van der Waals surface area contributed by atoms with E-state index in [-0.39, 0.29) is 0 Å². The van der Waals surface area contributed by atoms with Crippen molar-refractivity contribution in [3.63, 3.8) is 0 Å². The number of hydrogen-bond acceptors (Lipinski definition) is 2. The molecule has 1 heterocycles. The number of halogens is 2. The minimum Gasteiger partial charge on any atom is -0.180 e. The standard InChI is InChI=1S/C5H5Br2N3/c6-4-5(7)9-10(8-4)3-1-2-3/h3H,1-2H2. The first-order chi connectivity index (χ1) is 4.77. The third-order valence-electron chi connectivity index (χ3n) is 1.42. The molecule has 1 aliphatic rings. The Balaban J connectivity index is 2.34. The average molecular weight is 267 g/mol. The van der Waals surface area contributed by atoms with Gasteiger partial charge >= 0.3 is 0 Å². The number of rotatable bonds is 1. The van der Waals surface area contributed by atoms with E-state index in [4.69, 9.17) is 0 Å². The lowest BCUT2D eigenvalue weighted by atomic mass is 10.8. The summed E-state index contributed by atoms with van der Waals surface area (Å²) in [5, 5.41) is 8.30. The van der Waals surface area contributed by atoms with Crippen LogP contribution in [-0.4, -0.2) is 15.0 Å². The highest BCUT2D eigenvalue weighted by Crippen LogP contribution is 2.34. The van der Waals surface area contributed by atoms with Gasteiger partial charge in [0.2, 0.25) is 0 Å². The molecule has 1 saturated carbocycles. The van der Waals surface area contributed by atoms with Crippen molar-refractivity contribution in [2.45, 2.75) is 18.9 Å². The lowest BCUT2D eigenvalue weighted by Crippen LogP contribution is -1.97. The van der Waals surface area contributed by atoms with E-state index in [0.29, 0.717) is 6.04 Å². The Morgan fingerprint density at radius 2 is 1.70 bits per heavy atom. The highest BCUT2D eigenvalue weighted by atomic mass is 79.9. The van der Waals surface area contributed by atoms with Gasteiger partial charge in [0.05, 0.1) is 6.04 Å². The van der Waals surface area contributed by atoms with E-state index in [1.807, 2.05) is 0 Å². The van der Waals surface area contributed by atoms with Crippen LogP contribution in [0, 0.1) is 0 Å². The molecule has 0 aromatic carbocycles. The van der Waals surface area contributed by atoms with Crippen molar-refractivity contribution < 1.29 is 0 Å². The van der Waals surface area contributed by atoms with E-state index in [1.165, 1.54) is 12.8 Å². The van der Waals surface area contributed by atoms with Crippen molar-refractivity contribution in [1.82, 2.24) is 15.0 Å². The highest BCUT2D eigenvalue weighted by molar-refractivity contribution is 9.13. The third kappa shape index (κ3) is 1.12. The summed E-state index contributed by atoms with van der Waals surface area (Å²) >= 11 is 6.54. The second-order valence-electron chi connectivity index (χ2n) is 2.33. The Kier molecular flexibility index (Phi) is 1.56. The molecular formula is C5H5Br2N3. The van der Waals surface area contributed by atoms with Gasteiger partial charge in [-0.25, -0.2) is 0 Å². The molecular weight excluding hydrogens is 262 g/mol. The Morgan fingerprint density at radius 1 is 1.20 bits per heavy atom. The fourth-order valence-corrected chi connectivity index (χ4v) is 1.24. The second kappa shape index (κ2) is 2.30. The van der Waals surface area contributed by atoms with Crippen LogP contribution < -0.4 is 0 Å². The maximum absolute atomic E-state index is 4.15. The molecule has 3 nitrogen and oxygen atoms in total. The minimum atomic E-state index is 0.558. The summed E-state index contributed by atoms with van der Waals surface area (Å²) in [7, 11) is 0. The molecule has 5 heteroatoms. The van der Waals surface area contributed by atoms with Gasteiger partial charge in [0, 0.05) is 0 Å². The van der Waals surface area contributed by atoms with Gasteiger partial charge in [-0.05, 0) is 44.7 Å². The first-order valence-corrected chi connectivity index (χ1v) is 4.64. The van der Waals surface area contributed by atoms with Crippen LogP contribution >= 0.6 is 31.9 Å². The Hall–Kier alpha value is 0.1000. The van der Waals surface area contributed by atoms with Crippen LogP contribution in [0.2, 0.25) is 0 Å². The van der Waals surface area contributed by atoms with Gasteiger partial charge in [-0.3, -0.25) is 0 Å². The topological polar surface area (TPSA) is 30.7 Å². The average Bonchev–Trinajstić information content (AvgIpc) is 2.64. The summed E-state index contributed by atoms with van der Waals surface area (Å²) < 4.78 is 1.58. The third-order valence-corrected chi connectivity index (χ3v) is 3.02. The quantitative estimate of drug-likeness (QED) is 0.780. The maximum Gasteiger partial charge on any atom is 0.162 e. The molecule has 0 aliphatic heterocycles. The molecule has 2 rings (SSSR count). The lowest BCUT2D eigenvalue weighted by molar-refractivity contribution is 0.549. The molecule has 1 aromatic heterocycles. The summed E-state index contributed by atoms with van der Waals surface area (Å²) in [6.07, 6.45) is 2.43. The fraction of sp³-hybridized carbons (Fsp3) is 0.600. The van der Waals surface area contributed by atoms with E-state index in [0.717, 1.165) is 9.21 Å². The fourth-order valence-electron chi connectivity index (χ4n) is 0.754. The van der Waals surface area contributed by atoms with Crippen molar-refractivity contribution >= 4 is 31.9 Å². The largest absolute Gasteiger partial charge is 0.180 e. The molecule has 1 aliphatic carbocycles. The van der Waals surface area contributed by atoms with E-state index >= 15 is 0 Å². The summed E-state index contributed by atoms with van der Waals surface area (Å²) in [5.41, 5.74) is 0. The molecule has 0 bridgehead atoms. The summed E-state index contributed by atoms with van der Waals surface area (Å²) in [4.78, 5) is 1.76. The molecule has 0 saturated heterocycles. The van der Waals surface area contributed by atoms with Crippen LogP contribution in [-0.2, 0) is 0 Å². The zero-order chi connectivity index (χ0) is 7.14. The summed E-state index contributed by atoms with van der Waals surface area (Å²) in [5.74, 6) is 0. The Labute approximate surface area is 75.1 Å². The van der Waals surface area contributed by atoms with Crippen LogP contribution in [0.25, 0.3) is 0 Å². The van der Waals surface area contributed by atoms with E-state index < -0.39 is 0 Å². The first-order valence-electron chi connectivity index (χ1n) is 3.05. The lowest BCUT2D eigenvalue weighted by Gasteiger charge is -1.89.